The molecule has 1 aliphatic rings. The number of carboxylic acid groups (broad SMARTS) is 1. The Bertz CT molecular complexity index is 488. The Labute approximate surface area is 121 Å². The van der Waals surface area contributed by atoms with Crippen molar-refractivity contribution in [2.24, 2.45) is 0 Å². The van der Waals surface area contributed by atoms with Gasteiger partial charge in [0.15, 0.2) is 6.04 Å². The van der Waals surface area contributed by atoms with Gasteiger partial charge < -0.3 is 14.7 Å². The van der Waals surface area contributed by atoms with E-state index in [2.05, 4.69) is 0 Å². The number of ether oxygens (including phenoxy) is 1. The van der Waals surface area contributed by atoms with Crippen LogP contribution < -0.4 is 0 Å². The van der Waals surface area contributed by atoms with Crippen LogP contribution in [-0.4, -0.2) is 53.9 Å². The summed E-state index contributed by atoms with van der Waals surface area (Å²) in [5.41, 5.74) is 1.66. The summed E-state index contributed by atoms with van der Waals surface area (Å²) in [6.45, 7) is 0.730. The molecule has 0 bridgehead atoms. The fourth-order valence-corrected chi connectivity index (χ4v) is 2.65. The van der Waals surface area contributed by atoms with Crippen LogP contribution in [0.2, 0.25) is 0 Å². The number of carbonyl (C=O) groups is 2. The van der Waals surface area contributed by atoms with Gasteiger partial charge in [0.2, 0.25) is 0 Å². The van der Waals surface area contributed by atoms with Gasteiger partial charge in [-0.15, -0.1) is 0 Å². The Morgan fingerprint density at radius 3 is 2.70 bits per heavy atom. The molecule has 1 fully saturated rings. The predicted molar refractivity (Wildman–Crippen MR) is 76.9 cm³/mol. The Balaban J connectivity index is 2.14. The van der Waals surface area contributed by atoms with Crippen LogP contribution in [0.4, 0.5) is 0 Å². The molecule has 2 rings (SSSR count). The molecule has 0 saturated carbocycles. The zero-order valence-electron chi connectivity index (χ0n) is 11.2. The molecule has 1 amide bonds. The van der Waals surface area contributed by atoms with Crippen molar-refractivity contribution in [2.45, 2.75) is 11.8 Å². The van der Waals surface area contributed by atoms with E-state index in [1.54, 1.807) is 23.9 Å². The zero-order chi connectivity index (χ0) is 14.5. The van der Waals surface area contributed by atoms with E-state index in [1.165, 1.54) is 4.90 Å². The molecule has 1 atom stereocenters. The van der Waals surface area contributed by atoms with E-state index >= 15 is 0 Å². The van der Waals surface area contributed by atoms with Gasteiger partial charge in [-0.05, 0) is 24.0 Å². The summed E-state index contributed by atoms with van der Waals surface area (Å²) in [6, 6.07) is 6.41. The van der Waals surface area contributed by atoms with Crippen LogP contribution in [0.3, 0.4) is 0 Å². The molecule has 0 spiro atoms. The van der Waals surface area contributed by atoms with Crippen LogP contribution >= 0.6 is 11.8 Å². The molecule has 1 N–H and O–H groups in total. The van der Waals surface area contributed by atoms with Gasteiger partial charge in [0, 0.05) is 17.9 Å². The molecule has 1 aromatic rings. The number of nitrogens with zero attached hydrogens (tertiary/aromatic N) is 1. The van der Waals surface area contributed by atoms with E-state index in [4.69, 9.17) is 9.84 Å². The lowest BCUT2D eigenvalue weighted by Crippen LogP contribution is -2.52. The number of benzene rings is 1. The van der Waals surface area contributed by atoms with Crippen LogP contribution in [0.5, 0.6) is 0 Å². The molecular formula is C14H17NO4S. The summed E-state index contributed by atoms with van der Waals surface area (Å²) in [6.07, 6.45) is 2.02. The smallest absolute Gasteiger partial charge is 0.328 e. The fourth-order valence-electron chi connectivity index (χ4n) is 2.13. The average molecular weight is 295 g/mol. The standard InChI is InChI=1S/C14H17NO4S/c1-20-9-10-2-4-11(5-3-10)13(16)15-6-7-19-8-12(15)14(17)18/h2-5,12H,6-9H2,1H3,(H,17,18)/t12-/m1/s1. The maximum Gasteiger partial charge on any atom is 0.328 e. The van der Waals surface area contributed by atoms with Crippen molar-refractivity contribution in [2.75, 3.05) is 26.0 Å². The molecular weight excluding hydrogens is 278 g/mol. The maximum absolute atomic E-state index is 12.4. The van der Waals surface area contributed by atoms with Gasteiger partial charge in [-0.1, -0.05) is 12.1 Å². The van der Waals surface area contributed by atoms with E-state index < -0.39 is 12.0 Å². The largest absolute Gasteiger partial charge is 0.480 e. The van der Waals surface area contributed by atoms with Crippen molar-refractivity contribution in [1.29, 1.82) is 0 Å². The lowest BCUT2D eigenvalue weighted by molar-refractivity contribution is -0.147. The van der Waals surface area contributed by atoms with E-state index in [-0.39, 0.29) is 12.5 Å². The third kappa shape index (κ3) is 3.32. The molecule has 1 aliphatic heterocycles. The normalized spacial score (nSPS) is 18.9. The third-order valence-electron chi connectivity index (χ3n) is 3.19. The van der Waals surface area contributed by atoms with Crippen LogP contribution in [0, 0.1) is 0 Å². The van der Waals surface area contributed by atoms with Crippen molar-refractivity contribution in [1.82, 2.24) is 4.90 Å². The molecule has 0 unspecified atom stereocenters. The number of thioether (sulfide) groups is 1. The van der Waals surface area contributed by atoms with Crippen molar-refractivity contribution >= 4 is 23.6 Å². The summed E-state index contributed by atoms with van der Waals surface area (Å²) in [7, 11) is 0. The monoisotopic (exact) mass is 295 g/mol. The third-order valence-corrected chi connectivity index (χ3v) is 3.81. The first-order chi connectivity index (χ1) is 9.63. The van der Waals surface area contributed by atoms with E-state index in [9.17, 15) is 9.59 Å². The number of amides is 1. The van der Waals surface area contributed by atoms with Crippen molar-refractivity contribution in [3.63, 3.8) is 0 Å². The minimum atomic E-state index is -1.03. The number of hydrogen-bond donors (Lipinski definition) is 1. The quantitative estimate of drug-likeness (QED) is 0.911. The topological polar surface area (TPSA) is 66.8 Å². The highest BCUT2D eigenvalue weighted by Crippen LogP contribution is 2.15. The summed E-state index contributed by atoms with van der Waals surface area (Å²) in [4.78, 5) is 24.9. The summed E-state index contributed by atoms with van der Waals surface area (Å²) in [5.74, 6) is -0.391. The fraction of sp³-hybridized carbons (Fsp3) is 0.429. The second kappa shape index (κ2) is 6.76. The first kappa shape index (κ1) is 14.9. The van der Waals surface area contributed by atoms with Gasteiger partial charge in [0.05, 0.1) is 13.2 Å². The second-order valence-corrected chi connectivity index (χ2v) is 5.42. The van der Waals surface area contributed by atoms with Crippen molar-refractivity contribution in [3.05, 3.63) is 35.4 Å². The molecule has 0 aromatic heterocycles. The Morgan fingerprint density at radius 2 is 2.10 bits per heavy atom. The van der Waals surface area contributed by atoms with Crippen molar-refractivity contribution in [3.8, 4) is 0 Å². The lowest BCUT2D eigenvalue weighted by atomic mass is 10.1. The van der Waals surface area contributed by atoms with E-state index in [0.717, 1.165) is 11.3 Å². The molecule has 20 heavy (non-hydrogen) atoms. The molecule has 108 valence electrons. The van der Waals surface area contributed by atoms with E-state index in [1.807, 2.05) is 18.4 Å². The van der Waals surface area contributed by atoms with Gasteiger partial charge in [0.25, 0.3) is 5.91 Å². The van der Waals surface area contributed by atoms with Crippen molar-refractivity contribution < 1.29 is 19.4 Å². The molecule has 0 radical (unpaired) electrons. The first-order valence-electron chi connectivity index (χ1n) is 6.33. The number of hydrogen-bond acceptors (Lipinski definition) is 4. The molecule has 1 aromatic carbocycles. The van der Waals surface area contributed by atoms with Gasteiger partial charge in [-0.25, -0.2) is 4.79 Å². The highest BCUT2D eigenvalue weighted by molar-refractivity contribution is 7.97. The zero-order valence-corrected chi connectivity index (χ0v) is 12.1. The van der Waals surface area contributed by atoms with Crippen LogP contribution in [0.25, 0.3) is 0 Å². The minimum absolute atomic E-state index is 0.0473. The van der Waals surface area contributed by atoms with Gasteiger partial charge >= 0.3 is 5.97 Å². The number of carbonyl (C=O) groups excluding carboxylic acids is 1. The highest BCUT2D eigenvalue weighted by atomic mass is 32.2. The minimum Gasteiger partial charge on any atom is -0.480 e. The van der Waals surface area contributed by atoms with Crippen LogP contribution in [0.15, 0.2) is 24.3 Å². The molecule has 6 heteroatoms. The van der Waals surface area contributed by atoms with E-state index in [0.29, 0.717) is 18.7 Å². The molecule has 0 aliphatic carbocycles. The lowest BCUT2D eigenvalue weighted by Gasteiger charge is -2.32. The molecule has 5 nitrogen and oxygen atoms in total. The maximum atomic E-state index is 12.4. The van der Waals surface area contributed by atoms with Crippen LogP contribution in [0.1, 0.15) is 15.9 Å². The first-order valence-corrected chi connectivity index (χ1v) is 7.72. The van der Waals surface area contributed by atoms with Crippen LogP contribution in [-0.2, 0) is 15.3 Å². The number of morpholine rings is 1. The summed E-state index contributed by atoms with van der Waals surface area (Å²) in [5, 5.41) is 9.14. The molecule has 1 saturated heterocycles. The SMILES string of the molecule is CSCc1ccc(C(=O)N2CCOC[C@@H]2C(=O)O)cc1. The average Bonchev–Trinajstić information content (AvgIpc) is 2.47. The Morgan fingerprint density at radius 1 is 1.40 bits per heavy atom. The number of aliphatic carboxylic acids is 1. The molecule has 1 heterocycles. The Kier molecular flexibility index (Phi) is 5.03. The second-order valence-electron chi connectivity index (χ2n) is 4.56. The van der Waals surface area contributed by atoms with Gasteiger partial charge in [-0.3, -0.25) is 4.79 Å². The number of rotatable bonds is 4. The highest BCUT2D eigenvalue weighted by Gasteiger charge is 2.33. The van der Waals surface area contributed by atoms with Gasteiger partial charge in [-0.2, -0.15) is 11.8 Å². The number of carboxylic acids is 1. The Hall–Kier alpha value is -1.53. The van der Waals surface area contributed by atoms with Gasteiger partial charge in [0.1, 0.15) is 0 Å². The predicted octanol–water partition coefficient (Wildman–Crippen LogP) is 1.48. The summed E-state index contributed by atoms with van der Waals surface area (Å²) < 4.78 is 5.13. The summed E-state index contributed by atoms with van der Waals surface area (Å²) >= 11 is 1.71.